The second kappa shape index (κ2) is 7.95. The molecule has 2 aliphatic rings. The fraction of sp³-hybridized carbons (Fsp3) is 0.522. The van der Waals surface area contributed by atoms with Gasteiger partial charge in [0.2, 0.25) is 0 Å². The standard InChI is InChI=1S/C23H28F2N4O3/c1-11(2)18(26)22(31)32-10-23(3,4)27-21(30)19-15-8-12-7-14(12)20(15)29(28-19)17-6-5-13(24)9-16(17)25/h5-6,9,11-12,14,18H,7-8,10,26H2,1-4H3,(H,27,30)/t12?,14-,18+/m1/s1. The van der Waals surface area contributed by atoms with Gasteiger partial charge in [-0.1, -0.05) is 13.8 Å². The summed E-state index contributed by atoms with van der Waals surface area (Å²) in [7, 11) is 0. The van der Waals surface area contributed by atoms with Gasteiger partial charge in [0, 0.05) is 17.5 Å². The molecule has 1 saturated carbocycles. The van der Waals surface area contributed by atoms with Gasteiger partial charge in [0.05, 0.1) is 11.2 Å². The summed E-state index contributed by atoms with van der Waals surface area (Å²) in [5.41, 5.74) is 6.88. The van der Waals surface area contributed by atoms with E-state index in [1.165, 1.54) is 16.8 Å². The molecule has 1 heterocycles. The molecule has 1 aromatic heterocycles. The molecule has 1 amide bonds. The number of amides is 1. The highest BCUT2D eigenvalue weighted by Crippen LogP contribution is 2.57. The van der Waals surface area contributed by atoms with Crippen molar-refractivity contribution >= 4 is 11.9 Å². The maximum atomic E-state index is 14.5. The van der Waals surface area contributed by atoms with Gasteiger partial charge < -0.3 is 15.8 Å². The van der Waals surface area contributed by atoms with Crippen LogP contribution in [-0.4, -0.2) is 39.8 Å². The van der Waals surface area contributed by atoms with Crippen molar-refractivity contribution in [3.05, 3.63) is 46.8 Å². The number of hydrogen-bond donors (Lipinski definition) is 2. The van der Waals surface area contributed by atoms with Crippen LogP contribution in [0.2, 0.25) is 0 Å². The molecule has 172 valence electrons. The number of carbonyl (C=O) groups excluding carboxylic acids is 2. The summed E-state index contributed by atoms with van der Waals surface area (Å²) in [6.07, 6.45) is 1.67. The normalized spacial score (nSPS) is 20.0. The molecule has 2 aromatic rings. The summed E-state index contributed by atoms with van der Waals surface area (Å²) in [4.78, 5) is 25.2. The fourth-order valence-electron chi connectivity index (χ4n) is 4.16. The van der Waals surface area contributed by atoms with Gasteiger partial charge >= 0.3 is 5.97 Å². The summed E-state index contributed by atoms with van der Waals surface area (Å²) in [5.74, 6) is -1.78. The summed E-state index contributed by atoms with van der Waals surface area (Å²) < 4.78 is 34.6. The number of carbonyl (C=O) groups is 2. The zero-order chi connectivity index (χ0) is 23.4. The number of rotatable bonds is 7. The van der Waals surface area contributed by atoms with Crippen molar-refractivity contribution in [2.45, 2.75) is 58.0 Å². The van der Waals surface area contributed by atoms with Crippen LogP contribution in [0, 0.1) is 23.5 Å². The lowest BCUT2D eigenvalue weighted by Crippen LogP contribution is -2.49. The van der Waals surface area contributed by atoms with E-state index in [1.807, 2.05) is 13.8 Å². The van der Waals surface area contributed by atoms with Crippen molar-refractivity contribution < 1.29 is 23.1 Å². The van der Waals surface area contributed by atoms with E-state index in [-0.39, 0.29) is 29.8 Å². The Morgan fingerprint density at radius 3 is 2.72 bits per heavy atom. The number of benzene rings is 1. The number of ether oxygens (including phenoxy) is 1. The van der Waals surface area contributed by atoms with Crippen molar-refractivity contribution in [3.8, 4) is 5.69 Å². The molecule has 0 spiro atoms. The highest BCUT2D eigenvalue weighted by Gasteiger charge is 2.50. The van der Waals surface area contributed by atoms with E-state index in [0.717, 1.165) is 23.7 Å². The molecular weight excluding hydrogens is 418 g/mol. The molecule has 1 unspecified atom stereocenters. The molecule has 3 N–H and O–H groups in total. The molecule has 0 bridgehead atoms. The predicted octanol–water partition coefficient (Wildman–Crippen LogP) is 2.85. The third-order valence-corrected chi connectivity index (χ3v) is 6.13. The minimum atomic E-state index is -0.872. The Labute approximate surface area is 185 Å². The quantitative estimate of drug-likeness (QED) is 0.638. The van der Waals surface area contributed by atoms with Gasteiger partial charge in [-0.05, 0) is 50.7 Å². The first-order valence-electron chi connectivity index (χ1n) is 10.8. The zero-order valence-corrected chi connectivity index (χ0v) is 18.6. The van der Waals surface area contributed by atoms with Gasteiger partial charge in [-0.2, -0.15) is 5.10 Å². The third-order valence-electron chi connectivity index (χ3n) is 6.13. The summed E-state index contributed by atoms with van der Waals surface area (Å²) >= 11 is 0. The Bertz CT molecular complexity index is 1080. The smallest absolute Gasteiger partial charge is 0.323 e. The Kier molecular flexibility index (Phi) is 5.56. The predicted molar refractivity (Wildman–Crippen MR) is 113 cm³/mol. The molecule has 4 rings (SSSR count). The lowest BCUT2D eigenvalue weighted by atomic mass is 10.0. The van der Waals surface area contributed by atoms with E-state index >= 15 is 0 Å². The van der Waals surface area contributed by atoms with Gasteiger partial charge in [0.1, 0.15) is 24.2 Å². The van der Waals surface area contributed by atoms with Gasteiger partial charge in [-0.15, -0.1) is 0 Å². The maximum absolute atomic E-state index is 14.5. The van der Waals surface area contributed by atoms with E-state index in [2.05, 4.69) is 10.4 Å². The Morgan fingerprint density at radius 2 is 2.06 bits per heavy atom. The molecule has 0 aliphatic heterocycles. The minimum absolute atomic E-state index is 0.0568. The van der Waals surface area contributed by atoms with Crippen molar-refractivity contribution in [3.63, 3.8) is 0 Å². The average Bonchev–Trinajstić information content (AvgIpc) is 3.21. The topological polar surface area (TPSA) is 99.2 Å². The first-order valence-corrected chi connectivity index (χ1v) is 10.8. The molecular formula is C23H28F2N4O3. The SMILES string of the molecule is CC(C)[C@H](N)C(=O)OCC(C)(C)NC(=O)c1nn(-c2ccc(F)cc2F)c2c1CC1C[C@@H]21. The number of esters is 1. The molecule has 0 radical (unpaired) electrons. The molecule has 2 aliphatic carbocycles. The summed E-state index contributed by atoms with van der Waals surface area (Å²) in [6.45, 7) is 7.05. The molecule has 0 saturated heterocycles. The molecule has 7 nitrogen and oxygen atoms in total. The molecule has 1 fully saturated rings. The van der Waals surface area contributed by atoms with E-state index in [9.17, 15) is 18.4 Å². The van der Waals surface area contributed by atoms with Crippen LogP contribution in [0.15, 0.2) is 18.2 Å². The van der Waals surface area contributed by atoms with E-state index in [4.69, 9.17) is 10.5 Å². The van der Waals surface area contributed by atoms with Crippen LogP contribution in [0.3, 0.4) is 0 Å². The number of halogens is 2. The maximum Gasteiger partial charge on any atom is 0.323 e. The second-order valence-corrected chi connectivity index (χ2v) is 9.74. The number of fused-ring (bicyclic) bond motifs is 3. The number of aromatic nitrogens is 2. The first kappa shape index (κ1) is 22.4. The lowest BCUT2D eigenvalue weighted by molar-refractivity contribution is -0.148. The van der Waals surface area contributed by atoms with Gasteiger partial charge in [0.15, 0.2) is 11.5 Å². The minimum Gasteiger partial charge on any atom is -0.462 e. The van der Waals surface area contributed by atoms with Gasteiger partial charge in [0.25, 0.3) is 5.91 Å². The van der Waals surface area contributed by atoms with Crippen LogP contribution in [0.5, 0.6) is 0 Å². The Hall–Kier alpha value is -2.81. The lowest BCUT2D eigenvalue weighted by Gasteiger charge is -2.26. The summed E-state index contributed by atoms with van der Waals surface area (Å²) in [6, 6.07) is 2.57. The largest absolute Gasteiger partial charge is 0.462 e. The highest BCUT2D eigenvalue weighted by molar-refractivity contribution is 5.95. The average molecular weight is 446 g/mol. The molecule has 1 aromatic carbocycles. The highest BCUT2D eigenvalue weighted by atomic mass is 19.1. The number of nitrogens with one attached hydrogen (secondary N) is 1. The first-order chi connectivity index (χ1) is 15.0. The Balaban J connectivity index is 1.55. The van der Waals surface area contributed by atoms with E-state index in [0.29, 0.717) is 12.3 Å². The van der Waals surface area contributed by atoms with Crippen molar-refractivity contribution in [2.24, 2.45) is 17.6 Å². The van der Waals surface area contributed by atoms with Gasteiger partial charge in [-0.3, -0.25) is 9.59 Å². The second-order valence-electron chi connectivity index (χ2n) is 9.74. The van der Waals surface area contributed by atoms with Crippen LogP contribution in [0.4, 0.5) is 8.78 Å². The van der Waals surface area contributed by atoms with Crippen molar-refractivity contribution in [1.29, 1.82) is 0 Å². The van der Waals surface area contributed by atoms with Crippen LogP contribution in [-0.2, 0) is 16.0 Å². The Morgan fingerprint density at radius 1 is 1.34 bits per heavy atom. The van der Waals surface area contributed by atoms with Crippen LogP contribution >= 0.6 is 0 Å². The molecule has 3 atom stereocenters. The van der Waals surface area contributed by atoms with Crippen LogP contribution in [0.1, 0.15) is 61.8 Å². The molecule has 32 heavy (non-hydrogen) atoms. The number of hydrogen-bond acceptors (Lipinski definition) is 5. The van der Waals surface area contributed by atoms with Crippen molar-refractivity contribution in [2.75, 3.05) is 6.61 Å². The van der Waals surface area contributed by atoms with Crippen LogP contribution in [0.25, 0.3) is 5.69 Å². The van der Waals surface area contributed by atoms with Gasteiger partial charge in [-0.25, -0.2) is 13.5 Å². The fourth-order valence-corrected chi connectivity index (χ4v) is 4.16. The van der Waals surface area contributed by atoms with E-state index < -0.39 is 35.1 Å². The number of nitrogens with two attached hydrogens (primary N) is 1. The molecule has 9 heteroatoms. The van der Waals surface area contributed by atoms with E-state index in [1.54, 1.807) is 13.8 Å². The summed E-state index contributed by atoms with van der Waals surface area (Å²) in [5, 5.41) is 7.27. The zero-order valence-electron chi connectivity index (χ0n) is 18.6. The van der Waals surface area contributed by atoms with Crippen LogP contribution < -0.4 is 11.1 Å². The monoisotopic (exact) mass is 446 g/mol. The number of nitrogens with zero attached hydrogens (tertiary/aromatic N) is 2. The third kappa shape index (κ3) is 4.13. The van der Waals surface area contributed by atoms with Crippen molar-refractivity contribution in [1.82, 2.24) is 15.1 Å².